The van der Waals surface area contributed by atoms with E-state index in [2.05, 4.69) is 0 Å². The summed E-state index contributed by atoms with van der Waals surface area (Å²) in [6.45, 7) is 2.08. The number of benzene rings is 3. The number of halogens is 3. The highest BCUT2D eigenvalue weighted by Crippen LogP contribution is 2.36. The monoisotopic (exact) mass is 417 g/mol. The van der Waals surface area contributed by atoms with Gasteiger partial charge in [-0.2, -0.15) is 0 Å². The number of sulfonamides is 1. The molecule has 0 aliphatic carbocycles. The van der Waals surface area contributed by atoms with E-state index in [4.69, 9.17) is 0 Å². The predicted molar refractivity (Wildman–Crippen MR) is 106 cm³/mol. The number of hydrogen-bond donors (Lipinski definition) is 0. The van der Waals surface area contributed by atoms with Crippen LogP contribution in [-0.2, 0) is 16.4 Å². The molecule has 4 rings (SSSR count). The minimum Gasteiger partial charge on any atom is -0.266 e. The Balaban J connectivity index is 1.85. The number of anilines is 1. The molecule has 7 heteroatoms. The molecule has 0 saturated carbocycles. The Morgan fingerprint density at radius 3 is 2.52 bits per heavy atom. The van der Waals surface area contributed by atoms with Gasteiger partial charge in [-0.25, -0.2) is 21.6 Å². The van der Waals surface area contributed by atoms with Crippen molar-refractivity contribution in [1.82, 2.24) is 0 Å². The van der Waals surface area contributed by atoms with Crippen LogP contribution in [0.3, 0.4) is 0 Å². The highest BCUT2D eigenvalue weighted by molar-refractivity contribution is 7.92. The van der Waals surface area contributed by atoms with Gasteiger partial charge in [-0.15, -0.1) is 0 Å². The molecule has 0 unspecified atom stereocenters. The molecule has 1 aliphatic rings. The number of hydrogen-bond acceptors (Lipinski definition) is 2. The van der Waals surface area contributed by atoms with Crippen molar-refractivity contribution in [3.05, 3.63) is 83.2 Å². The lowest BCUT2D eigenvalue weighted by molar-refractivity contribution is 0.497. The van der Waals surface area contributed by atoms with Crippen molar-refractivity contribution in [3.63, 3.8) is 0 Å². The van der Waals surface area contributed by atoms with Crippen LogP contribution in [0.4, 0.5) is 18.9 Å². The van der Waals surface area contributed by atoms with Crippen LogP contribution in [0, 0.1) is 24.4 Å². The lowest BCUT2D eigenvalue weighted by atomic mass is 9.97. The fraction of sp³-hybridized carbons (Fsp3) is 0.182. The Morgan fingerprint density at radius 2 is 1.76 bits per heavy atom. The van der Waals surface area contributed by atoms with E-state index >= 15 is 0 Å². The van der Waals surface area contributed by atoms with Crippen LogP contribution >= 0.6 is 0 Å². The van der Waals surface area contributed by atoms with E-state index in [1.54, 1.807) is 24.3 Å². The zero-order valence-corrected chi connectivity index (χ0v) is 16.4. The molecule has 0 atom stereocenters. The Hall–Kier alpha value is -2.80. The van der Waals surface area contributed by atoms with Crippen LogP contribution in [0.2, 0.25) is 0 Å². The van der Waals surface area contributed by atoms with Crippen LogP contribution < -0.4 is 4.31 Å². The highest BCUT2D eigenvalue weighted by Gasteiger charge is 2.29. The van der Waals surface area contributed by atoms with Crippen LogP contribution in [0.15, 0.2) is 59.5 Å². The molecule has 3 aromatic carbocycles. The third kappa shape index (κ3) is 3.51. The normalized spacial score (nSPS) is 14.0. The van der Waals surface area contributed by atoms with Crippen molar-refractivity contribution >= 4 is 15.7 Å². The summed E-state index contributed by atoms with van der Waals surface area (Å²) in [7, 11) is -3.83. The molecule has 150 valence electrons. The van der Waals surface area contributed by atoms with E-state index in [1.165, 1.54) is 16.4 Å². The molecule has 3 nitrogen and oxygen atoms in total. The van der Waals surface area contributed by atoms with E-state index in [0.29, 0.717) is 24.6 Å². The number of rotatable bonds is 3. The highest BCUT2D eigenvalue weighted by atomic mass is 32.2. The third-order valence-corrected chi connectivity index (χ3v) is 6.85. The molecule has 0 bridgehead atoms. The maximum absolute atomic E-state index is 14.3. The fourth-order valence-electron chi connectivity index (χ4n) is 3.63. The average Bonchev–Trinajstić information content (AvgIpc) is 2.69. The first kappa shape index (κ1) is 19.5. The fourth-order valence-corrected chi connectivity index (χ4v) is 5.27. The van der Waals surface area contributed by atoms with Crippen molar-refractivity contribution in [1.29, 1.82) is 0 Å². The maximum Gasteiger partial charge on any atom is 0.264 e. The van der Waals surface area contributed by atoms with Crippen molar-refractivity contribution in [2.45, 2.75) is 24.7 Å². The maximum atomic E-state index is 14.3. The zero-order valence-electron chi connectivity index (χ0n) is 15.6. The number of nitrogens with zero attached hydrogens (tertiary/aromatic N) is 1. The predicted octanol–water partition coefficient (Wildman–Crippen LogP) is 5.22. The largest absolute Gasteiger partial charge is 0.266 e. The summed E-state index contributed by atoms with van der Waals surface area (Å²) in [5, 5.41) is 0. The van der Waals surface area contributed by atoms with Gasteiger partial charge < -0.3 is 0 Å². The zero-order chi connectivity index (χ0) is 20.8. The van der Waals surface area contributed by atoms with Crippen molar-refractivity contribution in [2.24, 2.45) is 0 Å². The van der Waals surface area contributed by atoms with Crippen molar-refractivity contribution in [2.75, 3.05) is 10.8 Å². The van der Waals surface area contributed by atoms with Gasteiger partial charge in [0.1, 0.15) is 5.82 Å². The quantitative estimate of drug-likeness (QED) is 0.548. The van der Waals surface area contributed by atoms with Crippen molar-refractivity contribution < 1.29 is 21.6 Å². The molecule has 0 saturated heterocycles. The van der Waals surface area contributed by atoms with Crippen LogP contribution in [0.5, 0.6) is 0 Å². The smallest absolute Gasteiger partial charge is 0.264 e. The summed E-state index contributed by atoms with van der Waals surface area (Å²) in [6.07, 6.45) is 1.30. The average molecular weight is 417 g/mol. The first-order chi connectivity index (χ1) is 13.8. The lowest BCUT2D eigenvalue weighted by Gasteiger charge is -2.31. The van der Waals surface area contributed by atoms with E-state index in [0.717, 1.165) is 17.2 Å². The van der Waals surface area contributed by atoms with E-state index < -0.39 is 27.5 Å². The van der Waals surface area contributed by atoms with E-state index in [1.807, 2.05) is 13.0 Å². The Kier molecular flexibility index (Phi) is 4.86. The van der Waals surface area contributed by atoms with Gasteiger partial charge >= 0.3 is 0 Å². The van der Waals surface area contributed by atoms with Crippen molar-refractivity contribution in [3.8, 4) is 11.1 Å². The summed E-state index contributed by atoms with van der Waals surface area (Å²) in [5.41, 5.74) is 1.97. The summed E-state index contributed by atoms with van der Waals surface area (Å²) in [5.74, 6) is -3.36. The number of fused-ring (bicyclic) bond motifs is 1. The summed E-state index contributed by atoms with van der Waals surface area (Å²) >= 11 is 0. The molecule has 0 radical (unpaired) electrons. The lowest BCUT2D eigenvalue weighted by Crippen LogP contribution is -2.35. The van der Waals surface area contributed by atoms with Crippen LogP contribution in [0.1, 0.15) is 17.5 Å². The molecule has 29 heavy (non-hydrogen) atoms. The third-order valence-electron chi connectivity index (χ3n) is 5.04. The summed E-state index contributed by atoms with van der Waals surface area (Å²) in [4.78, 5) is 0.165. The topological polar surface area (TPSA) is 37.4 Å². The van der Waals surface area contributed by atoms with E-state index in [-0.39, 0.29) is 22.6 Å². The molecule has 0 aromatic heterocycles. The second kappa shape index (κ2) is 7.22. The van der Waals surface area contributed by atoms with E-state index in [9.17, 15) is 21.6 Å². The summed E-state index contributed by atoms with van der Waals surface area (Å²) < 4.78 is 69.4. The van der Waals surface area contributed by atoms with Crippen LogP contribution in [-0.4, -0.2) is 15.0 Å². The van der Waals surface area contributed by atoms with Gasteiger partial charge in [-0.05, 0) is 60.7 Å². The molecule has 1 aliphatic heterocycles. The van der Waals surface area contributed by atoms with Gasteiger partial charge in [0.25, 0.3) is 10.0 Å². The molecular formula is C22H18F3NO2S. The molecule has 0 spiro atoms. The molecule has 0 amide bonds. The Bertz CT molecular complexity index is 1210. The van der Waals surface area contributed by atoms with Gasteiger partial charge in [0, 0.05) is 18.2 Å². The Morgan fingerprint density at radius 1 is 0.966 bits per heavy atom. The first-order valence-electron chi connectivity index (χ1n) is 9.14. The van der Waals surface area contributed by atoms with Gasteiger partial charge in [-0.3, -0.25) is 4.31 Å². The van der Waals surface area contributed by atoms with Gasteiger partial charge in [0.2, 0.25) is 0 Å². The first-order valence-corrected chi connectivity index (χ1v) is 10.6. The van der Waals surface area contributed by atoms with Gasteiger partial charge in [-0.1, -0.05) is 24.3 Å². The molecule has 1 heterocycles. The second-order valence-corrected chi connectivity index (χ2v) is 8.95. The molecule has 0 N–H and O–H groups in total. The second-order valence-electron chi connectivity index (χ2n) is 7.09. The number of aryl methyl sites for hydroxylation is 2. The minimum absolute atomic E-state index is 0.165. The van der Waals surface area contributed by atoms with Gasteiger partial charge in [0.05, 0.1) is 10.6 Å². The molecule has 0 fully saturated rings. The van der Waals surface area contributed by atoms with Gasteiger partial charge in [0.15, 0.2) is 11.6 Å². The molecular weight excluding hydrogens is 399 g/mol. The van der Waals surface area contributed by atoms with Crippen LogP contribution in [0.25, 0.3) is 11.1 Å². The minimum atomic E-state index is -3.83. The summed E-state index contributed by atoms with van der Waals surface area (Å²) in [6, 6.07) is 12.7. The molecule has 3 aromatic rings. The SMILES string of the molecule is Cc1cccc(S(=O)(=O)N2CCCc3ccc(-c4cc(F)cc(F)c4F)cc32)c1. The Labute approximate surface area is 167 Å². The standard InChI is InChI=1S/C22H18F3NO2S/c1-14-4-2-6-18(10-14)29(27,28)26-9-3-5-15-7-8-16(11-21(15)26)19-12-17(23)13-20(24)22(19)25/h2,4,6-8,10-13H,3,5,9H2,1H3.